The lowest BCUT2D eigenvalue weighted by molar-refractivity contribution is 0.146. The maximum absolute atomic E-state index is 6.02. The van der Waals surface area contributed by atoms with Gasteiger partial charge in [-0.05, 0) is 28.5 Å². The number of hydrogen-bond acceptors (Lipinski definition) is 3. The van der Waals surface area contributed by atoms with Crippen molar-refractivity contribution in [3.63, 3.8) is 0 Å². The molecule has 2 rings (SSSR count). The van der Waals surface area contributed by atoms with Gasteiger partial charge in [0.1, 0.15) is 4.34 Å². The molecule has 0 radical (unpaired) electrons. The van der Waals surface area contributed by atoms with Gasteiger partial charge >= 0.3 is 0 Å². The van der Waals surface area contributed by atoms with Crippen molar-refractivity contribution in [3.8, 4) is 0 Å². The van der Waals surface area contributed by atoms with Gasteiger partial charge in [-0.25, -0.2) is 0 Å². The van der Waals surface area contributed by atoms with Crippen LogP contribution >= 0.6 is 38.9 Å². The van der Waals surface area contributed by atoms with Gasteiger partial charge in [-0.1, -0.05) is 18.5 Å². The van der Waals surface area contributed by atoms with Crippen LogP contribution in [0.5, 0.6) is 0 Å². The van der Waals surface area contributed by atoms with Crippen LogP contribution in [0.4, 0.5) is 0 Å². The van der Waals surface area contributed by atoms with Gasteiger partial charge in [0.05, 0.1) is 0 Å². The van der Waals surface area contributed by atoms with Gasteiger partial charge in [-0.2, -0.15) is 0 Å². The summed E-state index contributed by atoms with van der Waals surface area (Å²) in [4.78, 5) is 3.83. The lowest BCUT2D eigenvalue weighted by Crippen LogP contribution is -2.56. The molecular formula is C10H14BrClN2S. The van der Waals surface area contributed by atoms with Gasteiger partial charge in [0, 0.05) is 35.0 Å². The van der Waals surface area contributed by atoms with Crippen molar-refractivity contribution < 1.29 is 0 Å². The summed E-state index contributed by atoms with van der Waals surface area (Å²) in [5.74, 6) is 0. The average molecular weight is 310 g/mol. The molecule has 0 aliphatic carbocycles. The van der Waals surface area contributed by atoms with Crippen LogP contribution in [-0.2, 0) is 6.54 Å². The Bertz CT molecular complexity index is 319. The molecule has 2 heterocycles. The first-order valence-electron chi connectivity index (χ1n) is 5.09. The van der Waals surface area contributed by atoms with E-state index in [0.717, 1.165) is 35.0 Å². The SMILES string of the molecule is CCN(Cc1cc(Br)c(Cl)s1)C1CNC1. The normalized spacial score (nSPS) is 17.1. The summed E-state index contributed by atoms with van der Waals surface area (Å²) in [5, 5.41) is 3.30. The maximum Gasteiger partial charge on any atom is 0.107 e. The van der Waals surface area contributed by atoms with Crippen LogP contribution in [0, 0.1) is 0 Å². The molecule has 0 spiro atoms. The van der Waals surface area contributed by atoms with E-state index in [2.05, 4.69) is 39.1 Å². The minimum atomic E-state index is 0.703. The third kappa shape index (κ3) is 2.74. The number of nitrogens with zero attached hydrogens (tertiary/aromatic N) is 1. The minimum Gasteiger partial charge on any atom is -0.314 e. The lowest BCUT2D eigenvalue weighted by Gasteiger charge is -2.37. The molecule has 1 aromatic rings. The van der Waals surface area contributed by atoms with Gasteiger partial charge < -0.3 is 5.32 Å². The molecule has 84 valence electrons. The lowest BCUT2D eigenvalue weighted by atomic mass is 10.1. The maximum atomic E-state index is 6.02. The second kappa shape index (κ2) is 5.15. The number of likely N-dealkylation sites (N-methyl/N-ethyl adjacent to an activating group) is 1. The van der Waals surface area contributed by atoms with Crippen molar-refractivity contribution in [2.24, 2.45) is 0 Å². The average Bonchev–Trinajstić information content (AvgIpc) is 2.42. The number of thiophene rings is 1. The Morgan fingerprint density at radius 2 is 2.40 bits per heavy atom. The fourth-order valence-electron chi connectivity index (χ4n) is 1.70. The van der Waals surface area contributed by atoms with Crippen LogP contribution in [0.1, 0.15) is 11.8 Å². The molecule has 15 heavy (non-hydrogen) atoms. The van der Waals surface area contributed by atoms with Crippen LogP contribution in [0.25, 0.3) is 0 Å². The highest BCUT2D eigenvalue weighted by Crippen LogP contribution is 2.32. The van der Waals surface area contributed by atoms with Crippen molar-refractivity contribution in [3.05, 3.63) is 19.8 Å². The summed E-state index contributed by atoms with van der Waals surface area (Å²) in [6.07, 6.45) is 0. The quantitative estimate of drug-likeness (QED) is 0.920. The summed E-state index contributed by atoms with van der Waals surface area (Å²) in [7, 11) is 0. The highest BCUT2D eigenvalue weighted by molar-refractivity contribution is 9.10. The third-order valence-electron chi connectivity index (χ3n) is 2.74. The first kappa shape index (κ1) is 11.9. The highest BCUT2D eigenvalue weighted by atomic mass is 79.9. The van der Waals surface area contributed by atoms with E-state index in [0.29, 0.717) is 6.04 Å². The van der Waals surface area contributed by atoms with E-state index in [1.54, 1.807) is 11.3 Å². The fourth-order valence-corrected chi connectivity index (χ4v) is 3.52. The number of nitrogens with one attached hydrogen (secondary N) is 1. The molecule has 1 saturated heterocycles. The standard InChI is InChI=1S/C10H14BrClN2S/c1-2-14(7-4-13-5-7)6-8-3-9(11)10(12)15-8/h3,7,13H,2,4-6H2,1H3. The van der Waals surface area contributed by atoms with Crippen molar-refractivity contribution >= 4 is 38.9 Å². The Morgan fingerprint density at radius 1 is 1.67 bits per heavy atom. The van der Waals surface area contributed by atoms with Crippen LogP contribution < -0.4 is 5.32 Å². The van der Waals surface area contributed by atoms with Gasteiger partial charge in [-0.3, -0.25) is 4.90 Å². The third-order valence-corrected chi connectivity index (χ3v) is 5.20. The second-order valence-electron chi connectivity index (χ2n) is 3.71. The Kier molecular flexibility index (Phi) is 4.07. The monoisotopic (exact) mass is 308 g/mol. The molecule has 0 unspecified atom stereocenters. The van der Waals surface area contributed by atoms with Crippen molar-refractivity contribution in [1.29, 1.82) is 0 Å². The predicted octanol–water partition coefficient (Wildman–Crippen LogP) is 2.96. The summed E-state index contributed by atoms with van der Waals surface area (Å²) in [5.41, 5.74) is 0. The second-order valence-corrected chi connectivity index (χ2v) is 6.30. The van der Waals surface area contributed by atoms with E-state index in [9.17, 15) is 0 Å². The Labute approximate surface area is 108 Å². The molecule has 0 saturated carbocycles. The van der Waals surface area contributed by atoms with Crippen molar-refractivity contribution in [1.82, 2.24) is 10.2 Å². The zero-order valence-corrected chi connectivity index (χ0v) is 11.8. The van der Waals surface area contributed by atoms with Crippen LogP contribution in [0.3, 0.4) is 0 Å². The Morgan fingerprint density at radius 3 is 2.80 bits per heavy atom. The van der Waals surface area contributed by atoms with E-state index in [-0.39, 0.29) is 0 Å². The molecule has 1 aliphatic rings. The molecule has 0 aromatic carbocycles. The summed E-state index contributed by atoms with van der Waals surface area (Å²) < 4.78 is 1.87. The summed E-state index contributed by atoms with van der Waals surface area (Å²) in [6.45, 7) is 6.56. The van der Waals surface area contributed by atoms with Gasteiger partial charge in [0.2, 0.25) is 0 Å². The summed E-state index contributed by atoms with van der Waals surface area (Å²) in [6, 6.07) is 2.83. The first-order chi connectivity index (χ1) is 7.20. The smallest absolute Gasteiger partial charge is 0.107 e. The Balaban J connectivity index is 1.99. The van der Waals surface area contributed by atoms with Crippen LogP contribution in [0.15, 0.2) is 10.5 Å². The number of hydrogen-bond donors (Lipinski definition) is 1. The zero-order chi connectivity index (χ0) is 10.8. The van der Waals surface area contributed by atoms with E-state index in [1.807, 2.05) is 0 Å². The molecule has 0 atom stereocenters. The fraction of sp³-hybridized carbons (Fsp3) is 0.600. The molecule has 1 fully saturated rings. The highest BCUT2D eigenvalue weighted by Gasteiger charge is 2.23. The van der Waals surface area contributed by atoms with Gasteiger partial charge in [0.25, 0.3) is 0 Å². The van der Waals surface area contributed by atoms with E-state index in [1.165, 1.54) is 4.88 Å². The largest absolute Gasteiger partial charge is 0.314 e. The molecule has 0 bridgehead atoms. The summed E-state index contributed by atoms with van der Waals surface area (Å²) >= 11 is 11.1. The molecule has 5 heteroatoms. The minimum absolute atomic E-state index is 0.703. The van der Waals surface area contributed by atoms with Crippen molar-refractivity contribution in [2.75, 3.05) is 19.6 Å². The Hall–Kier alpha value is 0.390. The van der Waals surface area contributed by atoms with Crippen LogP contribution in [-0.4, -0.2) is 30.6 Å². The molecule has 2 nitrogen and oxygen atoms in total. The molecular weight excluding hydrogens is 296 g/mol. The van der Waals surface area contributed by atoms with E-state index in [4.69, 9.17) is 11.6 Å². The molecule has 0 amide bonds. The molecule has 1 aromatic heterocycles. The topological polar surface area (TPSA) is 15.3 Å². The molecule has 1 aliphatic heterocycles. The van der Waals surface area contributed by atoms with E-state index >= 15 is 0 Å². The molecule has 1 N–H and O–H groups in total. The first-order valence-corrected chi connectivity index (χ1v) is 7.08. The van der Waals surface area contributed by atoms with E-state index < -0.39 is 0 Å². The van der Waals surface area contributed by atoms with Crippen molar-refractivity contribution in [2.45, 2.75) is 19.5 Å². The zero-order valence-electron chi connectivity index (χ0n) is 8.59. The van der Waals surface area contributed by atoms with Crippen LogP contribution in [0.2, 0.25) is 4.34 Å². The van der Waals surface area contributed by atoms with Gasteiger partial charge in [-0.15, -0.1) is 11.3 Å². The predicted molar refractivity (Wildman–Crippen MR) is 69.8 cm³/mol. The van der Waals surface area contributed by atoms with Gasteiger partial charge in [0.15, 0.2) is 0 Å². The number of rotatable bonds is 4. The number of halogens is 2.